The zero-order chi connectivity index (χ0) is 14.9. The van der Waals surface area contributed by atoms with Crippen LogP contribution in [0.2, 0.25) is 0 Å². The molecule has 2 aromatic rings. The first-order valence-electron chi connectivity index (χ1n) is 6.34. The second-order valence-electron chi connectivity index (χ2n) is 4.84. The average molecular weight is 274 g/mol. The number of carboxylic acid groups (broad SMARTS) is 1. The summed E-state index contributed by atoms with van der Waals surface area (Å²) in [6, 6.07) is 6.88. The van der Waals surface area contributed by atoms with Gasteiger partial charge in [0.2, 0.25) is 0 Å². The number of carbonyl (C=O) groups is 1. The smallest absolute Gasteiger partial charge is 0.337 e. The zero-order valence-electron chi connectivity index (χ0n) is 11.7. The fourth-order valence-corrected chi connectivity index (χ4v) is 2.24. The summed E-state index contributed by atoms with van der Waals surface area (Å²) in [7, 11) is 0. The van der Waals surface area contributed by atoms with Gasteiger partial charge in [-0.15, -0.1) is 0 Å². The molecule has 0 amide bonds. The molecule has 106 valence electrons. The molecule has 0 saturated carbocycles. The number of aryl methyl sites for hydroxylation is 2. The molecule has 1 aromatic carbocycles. The minimum absolute atomic E-state index is 0.0118. The summed E-state index contributed by atoms with van der Waals surface area (Å²) in [5.74, 6) is 0.681. The van der Waals surface area contributed by atoms with Crippen molar-refractivity contribution in [3.05, 3.63) is 46.9 Å². The highest BCUT2D eigenvalue weighted by Gasteiger charge is 2.14. The summed E-state index contributed by atoms with van der Waals surface area (Å²) in [5, 5.41) is 12.3. The van der Waals surface area contributed by atoms with Crippen molar-refractivity contribution in [3.8, 4) is 0 Å². The van der Waals surface area contributed by atoms with Gasteiger partial charge in [0.25, 0.3) is 0 Å². The van der Waals surface area contributed by atoms with Gasteiger partial charge < -0.3 is 20.6 Å². The minimum atomic E-state index is -1.03. The number of nitrogens with one attached hydrogen (secondary N) is 1. The van der Waals surface area contributed by atoms with E-state index in [-0.39, 0.29) is 17.3 Å². The Morgan fingerprint density at radius 3 is 2.60 bits per heavy atom. The second-order valence-corrected chi connectivity index (χ2v) is 4.84. The van der Waals surface area contributed by atoms with E-state index in [0.29, 0.717) is 5.69 Å². The van der Waals surface area contributed by atoms with Crippen LogP contribution < -0.4 is 11.1 Å². The third-order valence-corrected chi connectivity index (χ3v) is 3.21. The summed E-state index contributed by atoms with van der Waals surface area (Å²) >= 11 is 0. The van der Waals surface area contributed by atoms with Crippen LogP contribution in [0.25, 0.3) is 0 Å². The first-order valence-corrected chi connectivity index (χ1v) is 6.34. The lowest BCUT2D eigenvalue weighted by atomic mass is 10.1. The molecule has 0 fully saturated rings. The van der Waals surface area contributed by atoms with Gasteiger partial charge in [-0.25, -0.2) is 4.79 Å². The Morgan fingerprint density at radius 2 is 2.05 bits per heavy atom. The van der Waals surface area contributed by atoms with Gasteiger partial charge in [0.05, 0.1) is 11.6 Å². The number of furan rings is 1. The standard InChI is InChI=1S/C15H18N2O3/c1-8-6-12(10(3)20-8)9(2)17-11-4-5-14(16)13(7-11)15(18)19/h4-7,9,17H,16H2,1-3H3,(H,18,19). The Labute approximate surface area is 117 Å². The van der Waals surface area contributed by atoms with Crippen LogP contribution >= 0.6 is 0 Å². The van der Waals surface area contributed by atoms with Gasteiger partial charge in [-0.2, -0.15) is 0 Å². The van der Waals surface area contributed by atoms with Crippen molar-refractivity contribution in [2.24, 2.45) is 0 Å². The normalized spacial score (nSPS) is 12.2. The molecule has 0 aliphatic rings. The summed E-state index contributed by atoms with van der Waals surface area (Å²) < 4.78 is 5.50. The number of carboxylic acids is 1. The predicted molar refractivity (Wildman–Crippen MR) is 78.0 cm³/mol. The van der Waals surface area contributed by atoms with E-state index >= 15 is 0 Å². The Kier molecular flexibility index (Phi) is 3.70. The van der Waals surface area contributed by atoms with Gasteiger partial charge in [-0.1, -0.05) is 0 Å². The van der Waals surface area contributed by atoms with Gasteiger partial charge in [-0.3, -0.25) is 0 Å². The van der Waals surface area contributed by atoms with Crippen LogP contribution in [0.3, 0.4) is 0 Å². The molecule has 1 heterocycles. The zero-order valence-corrected chi connectivity index (χ0v) is 11.7. The fourth-order valence-electron chi connectivity index (χ4n) is 2.24. The van der Waals surface area contributed by atoms with Crippen molar-refractivity contribution in [3.63, 3.8) is 0 Å². The number of rotatable bonds is 4. The summed E-state index contributed by atoms with van der Waals surface area (Å²) in [6.07, 6.45) is 0. The van der Waals surface area contributed by atoms with E-state index in [1.54, 1.807) is 12.1 Å². The van der Waals surface area contributed by atoms with Crippen molar-refractivity contribution in [2.45, 2.75) is 26.8 Å². The third-order valence-electron chi connectivity index (χ3n) is 3.21. The topological polar surface area (TPSA) is 88.5 Å². The molecule has 1 atom stereocenters. The first kappa shape index (κ1) is 14.0. The van der Waals surface area contributed by atoms with Crippen molar-refractivity contribution >= 4 is 17.3 Å². The van der Waals surface area contributed by atoms with Crippen LogP contribution in [0.15, 0.2) is 28.7 Å². The highest BCUT2D eigenvalue weighted by molar-refractivity contribution is 5.94. The highest BCUT2D eigenvalue weighted by Crippen LogP contribution is 2.26. The van der Waals surface area contributed by atoms with Gasteiger partial charge in [0, 0.05) is 16.9 Å². The quantitative estimate of drug-likeness (QED) is 0.744. The van der Waals surface area contributed by atoms with E-state index in [1.165, 1.54) is 6.07 Å². The molecule has 5 heteroatoms. The summed E-state index contributed by atoms with van der Waals surface area (Å²) in [6.45, 7) is 5.80. The molecular formula is C15H18N2O3. The highest BCUT2D eigenvalue weighted by atomic mass is 16.4. The Bertz CT molecular complexity index is 647. The molecule has 0 saturated heterocycles. The van der Waals surface area contributed by atoms with E-state index in [4.69, 9.17) is 15.3 Å². The van der Waals surface area contributed by atoms with Crippen molar-refractivity contribution in [1.29, 1.82) is 0 Å². The molecule has 0 radical (unpaired) electrons. The van der Waals surface area contributed by atoms with Crippen LogP contribution in [0, 0.1) is 13.8 Å². The number of aromatic carboxylic acids is 1. The third kappa shape index (κ3) is 2.77. The van der Waals surface area contributed by atoms with Gasteiger partial charge in [0.15, 0.2) is 0 Å². The van der Waals surface area contributed by atoms with Gasteiger partial charge in [0.1, 0.15) is 11.5 Å². The van der Waals surface area contributed by atoms with Crippen LogP contribution in [-0.2, 0) is 0 Å². The number of anilines is 2. The first-order chi connectivity index (χ1) is 9.38. The second kappa shape index (κ2) is 5.28. The van der Waals surface area contributed by atoms with Crippen LogP contribution in [-0.4, -0.2) is 11.1 Å². The average Bonchev–Trinajstić information content (AvgIpc) is 2.70. The van der Waals surface area contributed by atoms with E-state index < -0.39 is 5.97 Å². The molecule has 20 heavy (non-hydrogen) atoms. The maximum absolute atomic E-state index is 11.1. The van der Waals surface area contributed by atoms with E-state index in [1.807, 2.05) is 26.8 Å². The molecule has 5 nitrogen and oxygen atoms in total. The molecule has 0 bridgehead atoms. The number of nitrogen functional groups attached to an aromatic ring is 1. The maximum Gasteiger partial charge on any atom is 0.337 e. The molecule has 0 aliphatic heterocycles. The Balaban J connectivity index is 2.24. The molecular weight excluding hydrogens is 256 g/mol. The van der Waals surface area contributed by atoms with Gasteiger partial charge >= 0.3 is 5.97 Å². The lowest BCUT2D eigenvalue weighted by Crippen LogP contribution is -2.09. The predicted octanol–water partition coefficient (Wildman–Crippen LogP) is 3.35. The van der Waals surface area contributed by atoms with E-state index in [0.717, 1.165) is 17.1 Å². The SMILES string of the molecule is Cc1cc(C(C)Nc2ccc(N)c(C(=O)O)c2)c(C)o1. The van der Waals surface area contributed by atoms with Crippen molar-refractivity contribution in [1.82, 2.24) is 0 Å². The summed E-state index contributed by atoms with van der Waals surface area (Å²) in [5.41, 5.74) is 7.75. The lowest BCUT2D eigenvalue weighted by molar-refractivity contribution is 0.0698. The number of hydrogen-bond donors (Lipinski definition) is 3. The number of hydrogen-bond acceptors (Lipinski definition) is 4. The fraction of sp³-hybridized carbons (Fsp3) is 0.267. The number of nitrogens with two attached hydrogens (primary N) is 1. The van der Waals surface area contributed by atoms with Crippen LogP contribution in [0.1, 0.15) is 40.4 Å². The van der Waals surface area contributed by atoms with Crippen LogP contribution in [0.5, 0.6) is 0 Å². The molecule has 0 spiro atoms. The Hall–Kier alpha value is -2.43. The molecule has 2 rings (SSSR count). The van der Waals surface area contributed by atoms with E-state index in [9.17, 15) is 4.79 Å². The van der Waals surface area contributed by atoms with Crippen molar-refractivity contribution < 1.29 is 14.3 Å². The number of benzene rings is 1. The largest absolute Gasteiger partial charge is 0.478 e. The molecule has 0 aliphatic carbocycles. The molecule has 4 N–H and O–H groups in total. The lowest BCUT2D eigenvalue weighted by Gasteiger charge is -2.15. The molecule has 1 unspecified atom stereocenters. The summed E-state index contributed by atoms with van der Waals surface area (Å²) in [4.78, 5) is 11.1. The van der Waals surface area contributed by atoms with Crippen molar-refractivity contribution in [2.75, 3.05) is 11.1 Å². The van der Waals surface area contributed by atoms with Crippen LogP contribution in [0.4, 0.5) is 11.4 Å². The maximum atomic E-state index is 11.1. The molecule has 1 aromatic heterocycles. The monoisotopic (exact) mass is 274 g/mol. The Morgan fingerprint density at radius 1 is 1.35 bits per heavy atom. The minimum Gasteiger partial charge on any atom is -0.478 e. The van der Waals surface area contributed by atoms with E-state index in [2.05, 4.69) is 5.32 Å². The van der Waals surface area contributed by atoms with Gasteiger partial charge in [-0.05, 0) is 45.0 Å².